The zero-order valence-electron chi connectivity index (χ0n) is 16.8. The molecule has 1 N–H and O–H groups in total. The second-order valence-corrected chi connectivity index (χ2v) is 10.2. The molecule has 0 atom stereocenters. The van der Waals surface area contributed by atoms with E-state index in [1.54, 1.807) is 13.8 Å². The number of hydrogen-bond donors (Lipinski definition) is 1. The van der Waals surface area contributed by atoms with Gasteiger partial charge in [-0.15, -0.1) is 0 Å². The summed E-state index contributed by atoms with van der Waals surface area (Å²) in [5.74, 6) is -1.36. The molecule has 1 amide bonds. The summed E-state index contributed by atoms with van der Waals surface area (Å²) in [5.41, 5.74) is -0.848. The molecule has 1 aromatic rings. The molecule has 0 bridgehead atoms. The quantitative estimate of drug-likeness (QED) is 0.775. The van der Waals surface area contributed by atoms with Gasteiger partial charge >= 0.3 is 0 Å². The van der Waals surface area contributed by atoms with Crippen molar-refractivity contribution in [3.8, 4) is 0 Å². The van der Waals surface area contributed by atoms with Crippen LogP contribution in [-0.2, 0) is 10.0 Å². The first-order valence-corrected chi connectivity index (χ1v) is 10.3. The lowest BCUT2D eigenvalue weighted by Gasteiger charge is -2.33. The van der Waals surface area contributed by atoms with Crippen molar-refractivity contribution in [2.24, 2.45) is 5.41 Å². The van der Waals surface area contributed by atoms with E-state index in [1.807, 2.05) is 13.8 Å². The summed E-state index contributed by atoms with van der Waals surface area (Å²) >= 11 is 0. The molecule has 0 aliphatic rings. The van der Waals surface area contributed by atoms with Crippen LogP contribution in [0.2, 0.25) is 0 Å². The summed E-state index contributed by atoms with van der Waals surface area (Å²) in [6.07, 6.45) is 0.685. The Hall–Kier alpha value is -1.47. The Morgan fingerprint density at radius 2 is 1.65 bits per heavy atom. The largest absolute Gasteiger partial charge is 0.347 e. The van der Waals surface area contributed by atoms with Gasteiger partial charge in [-0.25, -0.2) is 12.8 Å². The number of benzene rings is 1. The molecule has 26 heavy (non-hydrogen) atoms. The fourth-order valence-corrected chi connectivity index (χ4v) is 4.78. The first kappa shape index (κ1) is 22.6. The minimum Gasteiger partial charge on any atom is -0.347 e. The number of nitrogens with one attached hydrogen (secondary N) is 1. The van der Waals surface area contributed by atoms with Crippen LogP contribution in [0.1, 0.15) is 65.2 Å². The van der Waals surface area contributed by atoms with Gasteiger partial charge in [0.1, 0.15) is 5.82 Å². The van der Waals surface area contributed by atoms with Crippen LogP contribution in [-0.4, -0.2) is 37.3 Å². The average Bonchev–Trinajstić information content (AvgIpc) is 2.45. The van der Waals surface area contributed by atoms with Crippen LogP contribution in [0, 0.1) is 11.2 Å². The van der Waals surface area contributed by atoms with Crippen LogP contribution < -0.4 is 5.32 Å². The van der Waals surface area contributed by atoms with E-state index in [4.69, 9.17) is 0 Å². The smallest absolute Gasteiger partial charge is 0.254 e. The van der Waals surface area contributed by atoms with Crippen LogP contribution in [0.25, 0.3) is 0 Å². The van der Waals surface area contributed by atoms with Gasteiger partial charge in [0.15, 0.2) is 0 Å². The number of carbonyl (C=O) groups is 1. The van der Waals surface area contributed by atoms with Gasteiger partial charge in [0.2, 0.25) is 10.0 Å². The summed E-state index contributed by atoms with van der Waals surface area (Å²) in [4.78, 5) is 12.5. The first-order valence-electron chi connectivity index (χ1n) is 8.85. The minimum absolute atomic E-state index is 0.0245. The molecule has 1 rings (SSSR count). The number of nitrogens with zero attached hydrogens (tertiary/aromatic N) is 1. The third-order valence-corrected chi connectivity index (χ3v) is 6.00. The SMILES string of the molecule is CCN(CC)S(=O)(=O)c1ccc(F)c(C(=O)NC(C)(C)CC(C)(C)C)c1. The van der Waals surface area contributed by atoms with Gasteiger partial charge in [-0.1, -0.05) is 34.6 Å². The summed E-state index contributed by atoms with van der Waals surface area (Å²) in [6.45, 7) is 14.0. The lowest BCUT2D eigenvalue weighted by Crippen LogP contribution is -2.46. The molecule has 0 aliphatic carbocycles. The molecule has 0 radical (unpaired) electrons. The van der Waals surface area contributed by atoms with Crippen molar-refractivity contribution in [1.29, 1.82) is 0 Å². The number of carbonyl (C=O) groups excluding carboxylic acids is 1. The fraction of sp³-hybridized carbons (Fsp3) is 0.632. The van der Waals surface area contributed by atoms with Crippen molar-refractivity contribution >= 4 is 15.9 Å². The lowest BCUT2D eigenvalue weighted by atomic mass is 9.81. The van der Waals surface area contributed by atoms with Gasteiger partial charge in [-0.05, 0) is 43.9 Å². The fourth-order valence-electron chi connectivity index (χ4n) is 3.30. The van der Waals surface area contributed by atoms with E-state index in [0.29, 0.717) is 19.5 Å². The van der Waals surface area contributed by atoms with Crippen LogP contribution in [0.5, 0.6) is 0 Å². The molecule has 0 heterocycles. The Labute approximate surface area is 157 Å². The van der Waals surface area contributed by atoms with Crippen molar-refractivity contribution in [2.45, 2.75) is 65.3 Å². The maximum absolute atomic E-state index is 14.2. The van der Waals surface area contributed by atoms with Gasteiger partial charge in [0, 0.05) is 18.6 Å². The van der Waals surface area contributed by atoms with E-state index in [1.165, 1.54) is 10.4 Å². The molecule has 7 heteroatoms. The highest BCUT2D eigenvalue weighted by Gasteiger charge is 2.29. The lowest BCUT2D eigenvalue weighted by molar-refractivity contribution is 0.0887. The third-order valence-electron chi connectivity index (χ3n) is 3.95. The molecule has 0 saturated heterocycles. The number of sulfonamides is 1. The van der Waals surface area contributed by atoms with Crippen LogP contribution in [0.4, 0.5) is 4.39 Å². The number of amides is 1. The van der Waals surface area contributed by atoms with Gasteiger partial charge in [0.05, 0.1) is 10.5 Å². The van der Waals surface area contributed by atoms with E-state index in [9.17, 15) is 17.6 Å². The van der Waals surface area contributed by atoms with Gasteiger partial charge < -0.3 is 5.32 Å². The van der Waals surface area contributed by atoms with Crippen molar-refractivity contribution in [3.05, 3.63) is 29.6 Å². The second-order valence-electron chi connectivity index (χ2n) is 8.31. The highest BCUT2D eigenvalue weighted by molar-refractivity contribution is 7.89. The molecule has 0 spiro atoms. The third kappa shape index (κ3) is 5.77. The van der Waals surface area contributed by atoms with Crippen molar-refractivity contribution in [3.63, 3.8) is 0 Å². The van der Waals surface area contributed by atoms with E-state index >= 15 is 0 Å². The Kier molecular flexibility index (Phi) is 6.98. The highest BCUT2D eigenvalue weighted by atomic mass is 32.2. The highest BCUT2D eigenvalue weighted by Crippen LogP contribution is 2.27. The average molecular weight is 387 g/mol. The number of hydrogen-bond acceptors (Lipinski definition) is 3. The zero-order chi connectivity index (χ0) is 20.3. The van der Waals surface area contributed by atoms with Crippen LogP contribution >= 0.6 is 0 Å². The molecule has 5 nitrogen and oxygen atoms in total. The van der Waals surface area contributed by atoms with Crippen molar-refractivity contribution < 1.29 is 17.6 Å². The molecule has 0 aromatic heterocycles. The maximum Gasteiger partial charge on any atom is 0.254 e. The Bertz CT molecular complexity index is 749. The Morgan fingerprint density at radius 1 is 1.12 bits per heavy atom. The zero-order valence-corrected chi connectivity index (χ0v) is 17.6. The van der Waals surface area contributed by atoms with E-state index in [2.05, 4.69) is 26.1 Å². The van der Waals surface area contributed by atoms with Gasteiger partial charge in [-0.3, -0.25) is 4.79 Å². The molecule has 0 saturated carbocycles. The number of rotatable bonds is 7. The maximum atomic E-state index is 14.2. The van der Waals surface area contributed by atoms with Gasteiger partial charge in [-0.2, -0.15) is 4.31 Å². The van der Waals surface area contributed by atoms with Gasteiger partial charge in [0.25, 0.3) is 5.91 Å². The molecule has 0 fully saturated rings. The molecular weight excluding hydrogens is 355 g/mol. The monoisotopic (exact) mass is 386 g/mol. The van der Waals surface area contributed by atoms with Crippen LogP contribution in [0.15, 0.2) is 23.1 Å². The normalized spacial score (nSPS) is 13.1. The predicted molar refractivity (Wildman–Crippen MR) is 102 cm³/mol. The summed E-state index contributed by atoms with van der Waals surface area (Å²) in [7, 11) is -3.76. The number of halogens is 1. The Balaban J connectivity index is 3.20. The molecule has 148 valence electrons. The van der Waals surface area contributed by atoms with E-state index in [0.717, 1.165) is 12.1 Å². The summed E-state index contributed by atoms with van der Waals surface area (Å²) in [6, 6.07) is 3.34. The summed E-state index contributed by atoms with van der Waals surface area (Å²) < 4.78 is 40.7. The second kappa shape index (κ2) is 8.05. The molecule has 0 aliphatic heterocycles. The van der Waals surface area contributed by atoms with Crippen molar-refractivity contribution in [2.75, 3.05) is 13.1 Å². The standard InChI is InChI=1S/C19H31FN2O3S/c1-8-22(9-2)26(24,25)14-10-11-16(20)15(12-14)17(23)21-19(6,7)13-18(3,4)5/h10-12H,8-9,13H2,1-7H3,(H,21,23). The topological polar surface area (TPSA) is 66.5 Å². The Morgan fingerprint density at radius 3 is 2.12 bits per heavy atom. The minimum atomic E-state index is -3.76. The molecular formula is C19H31FN2O3S. The predicted octanol–water partition coefficient (Wildman–Crippen LogP) is 3.80. The summed E-state index contributed by atoms with van der Waals surface area (Å²) in [5, 5.41) is 2.82. The van der Waals surface area contributed by atoms with E-state index in [-0.39, 0.29) is 15.9 Å². The van der Waals surface area contributed by atoms with E-state index < -0.39 is 27.3 Å². The van der Waals surface area contributed by atoms with Crippen LogP contribution in [0.3, 0.4) is 0 Å². The molecule has 0 unspecified atom stereocenters. The van der Waals surface area contributed by atoms with Crippen molar-refractivity contribution in [1.82, 2.24) is 9.62 Å². The molecule has 1 aromatic carbocycles. The first-order chi connectivity index (χ1) is 11.7.